The van der Waals surface area contributed by atoms with Gasteiger partial charge in [0.05, 0.1) is 13.2 Å². The Morgan fingerprint density at radius 2 is 1.75 bits per heavy atom. The zero-order valence-corrected chi connectivity index (χ0v) is 18.1. The zero-order valence-electron chi connectivity index (χ0n) is 17.3. The van der Waals surface area contributed by atoms with E-state index >= 15 is 0 Å². The Morgan fingerprint density at radius 1 is 1.00 bits per heavy atom. The van der Waals surface area contributed by atoms with Crippen LogP contribution in [-0.2, 0) is 4.79 Å². The van der Waals surface area contributed by atoms with E-state index in [0.717, 1.165) is 11.1 Å². The van der Waals surface area contributed by atoms with Gasteiger partial charge in [0.25, 0.3) is 0 Å². The second-order valence-corrected chi connectivity index (χ2v) is 8.39. The lowest BCUT2D eigenvalue weighted by atomic mass is 10.0. The van der Waals surface area contributed by atoms with Gasteiger partial charge in [-0.25, -0.2) is 4.68 Å². The van der Waals surface area contributed by atoms with Crippen LogP contribution in [0.25, 0.3) is 11.4 Å². The van der Waals surface area contributed by atoms with E-state index in [2.05, 4.69) is 20.9 Å². The van der Waals surface area contributed by atoms with Gasteiger partial charge in [0, 0.05) is 17.3 Å². The molecule has 2 N–H and O–H groups in total. The van der Waals surface area contributed by atoms with Crippen molar-refractivity contribution in [3.05, 3.63) is 90.5 Å². The maximum Gasteiger partial charge on any atom is 0.240 e. The van der Waals surface area contributed by atoms with Crippen LogP contribution in [-0.4, -0.2) is 33.1 Å². The van der Waals surface area contributed by atoms with Crippen LogP contribution in [0.1, 0.15) is 11.6 Å². The Hall–Kier alpha value is -3.78. The Kier molecular flexibility index (Phi) is 5.51. The number of nitrogens with zero attached hydrogens (tertiary/aromatic N) is 3. The number of anilines is 1. The van der Waals surface area contributed by atoms with Gasteiger partial charge in [-0.2, -0.15) is 0 Å². The fourth-order valence-corrected chi connectivity index (χ4v) is 4.73. The molecule has 1 aliphatic heterocycles. The molecule has 0 bridgehead atoms. The minimum atomic E-state index is -0.455. The van der Waals surface area contributed by atoms with Crippen molar-refractivity contribution in [2.45, 2.75) is 16.4 Å². The molecule has 1 aliphatic rings. The van der Waals surface area contributed by atoms with Gasteiger partial charge in [-0.15, -0.1) is 10.2 Å². The first-order valence-corrected chi connectivity index (χ1v) is 11.0. The number of methoxy groups -OCH3 is 1. The molecule has 2 heterocycles. The smallest absolute Gasteiger partial charge is 0.240 e. The second kappa shape index (κ2) is 8.76. The summed E-state index contributed by atoms with van der Waals surface area (Å²) >= 11 is 1.40. The standard InChI is InChI=1S/C24H21N5O2S/c1-31-19-14-8-13-18(15-19)25-23(30)21-20(16-9-4-2-5-10-16)28-29-22(26-27-24(29)32-21)17-11-6-3-7-12-17/h2-15,20-21,28H,1H3,(H,25,30)/t20-,21-/m1/s1. The third-order valence-electron chi connectivity index (χ3n) is 5.22. The van der Waals surface area contributed by atoms with Gasteiger partial charge in [-0.05, 0) is 17.7 Å². The average molecular weight is 444 g/mol. The fourth-order valence-electron chi connectivity index (χ4n) is 3.65. The molecule has 0 radical (unpaired) electrons. The highest BCUT2D eigenvalue weighted by atomic mass is 32.2. The zero-order chi connectivity index (χ0) is 21.9. The van der Waals surface area contributed by atoms with Crippen molar-refractivity contribution in [3.8, 4) is 17.1 Å². The van der Waals surface area contributed by atoms with Gasteiger partial charge in [-0.1, -0.05) is 78.5 Å². The Labute approximate surface area is 189 Å². The van der Waals surface area contributed by atoms with Gasteiger partial charge in [0.15, 0.2) is 5.82 Å². The number of carbonyl (C=O) groups is 1. The Bertz CT molecular complexity index is 1230. The highest BCUT2D eigenvalue weighted by Gasteiger charge is 2.38. The lowest BCUT2D eigenvalue weighted by molar-refractivity contribution is -0.116. The van der Waals surface area contributed by atoms with Crippen molar-refractivity contribution in [3.63, 3.8) is 0 Å². The largest absolute Gasteiger partial charge is 0.497 e. The summed E-state index contributed by atoms with van der Waals surface area (Å²) in [6.45, 7) is 0. The summed E-state index contributed by atoms with van der Waals surface area (Å²) in [5.74, 6) is 1.27. The first kappa shape index (κ1) is 20.1. The molecule has 3 aromatic carbocycles. The number of aromatic nitrogens is 3. The number of amides is 1. The summed E-state index contributed by atoms with van der Waals surface area (Å²) in [5.41, 5.74) is 6.12. The maximum absolute atomic E-state index is 13.4. The first-order chi connectivity index (χ1) is 15.7. The summed E-state index contributed by atoms with van der Waals surface area (Å²) in [6, 6.07) is 26.9. The quantitative estimate of drug-likeness (QED) is 0.477. The Morgan fingerprint density at radius 3 is 2.50 bits per heavy atom. The third-order valence-corrected chi connectivity index (χ3v) is 6.44. The van der Waals surface area contributed by atoms with Crippen molar-refractivity contribution in [1.82, 2.24) is 14.9 Å². The van der Waals surface area contributed by atoms with Gasteiger partial charge in [0.2, 0.25) is 11.1 Å². The van der Waals surface area contributed by atoms with Crippen LogP contribution in [0.5, 0.6) is 5.75 Å². The molecule has 1 amide bonds. The fraction of sp³-hybridized carbons (Fsp3) is 0.125. The number of rotatable bonds is 5. The molecule has 0 unspecified atom stereocenters. The number of fused-ring (bicyclic) bond motifs is 1. The van der Waals surface area contributed by atoms with Gasteiger partial charge in [0.1, 0.15) is 11.0 Å². The number of nitrogens with one attached hydrogen (secondary N) is 2. The minimum absolute atomic E-state index is 0.125. The molecular formula is C24H21N5O2S. The molecule has 5 rings (SSSR count). The van der Waals surface area contributed by atoms with Crippen molar-refractivity contribution in [1.29, 1.82) is 0 Å². The van der Waals surface area contributed by atoms with Crippen LogP contribution >= 0.6 is 11.8 Å². The summed E-state index contributed by atoms with van der Waals surface area (Å²) < 4.78 is 7.14. The van der Waals surface area contributed by atoms with Crippen LogP contribution in [0.3, 0.4) is 0 Å². The first-order valence-electron chi connectivity index (χ1n) is 10.2. The Balaban J connectivity index is 1.49. The van der Waals surface area contributed by atoms with Crippen LogP contribution in [0.15, 0.2) is 90.1 Å². The van der Waals surface area contributed by atoms with Crippen LogP contribution in [0.4, 0.5) is 5.69 Å². The number of ether oxygens (including phenoxy) is 1. The van der Waals surface area contributed by atoms with E-state index in [4.69, 9.17) is 4.74 Å². The molecule has 0 spiro atoms. The summed E-state index contributed by atoms with van der Waals surface area (Å²) in [4.78, 5) is 13.4. The molecule has 2 atom stereocenters. The highest BCUT2D eigenvalue weighted by molar-refractivity contribution is 8.00. The molecular weight excluding hydrogens is 422 g/mol. The molecule has 160 valence electrons. The van der Waals surface area contributed by atoms with Crippen LogP contribution in [0.2, 0.25) is 0 Å². The van der Waals surface area contributed by atoms with E-state index in [1.54, 1.807) is 13.2 Å². The number of hydrogen-bond acceptors (Lipinski definition) is 6. The summed E-state index contributed by atoms with van der Waals surface area (Å²) in [7, 11) is 1.60. The second-order valence-electron chi connectivity index (χ2n) is 7.28. The summed E-state index contributed by atoms with van der Waals surface area (Å²) in [6.07, 6.45) is 0. The predicted octanol–water partition coefficient (Wildman–Crippen LogP) is 4.35. The minimum Gasteiger partial charge on any atom is -0.497 e. The number of hydrogen-bond donors (Lipinski definition) is 2. The molecule has 8 heteroatoms. The van der Waals surface area contributed by atoms with Gasteiger partial charge in [-0.3, -0.25) is 4.79 Å². The van der Waals surface area contributed by atoms with Gasteiger partial charge < -0.3 is 15.5 Å². The van der Waals surface area contributed by atoms with E-state index in [1.165, 1.54) is 11.8 Å². The van der Waals surface area contributed by atoms with Crippen LogP contribution in [0, 0.1) is 0 Å². The van der Waals surface area contributed by atoms with Crippen molar-refractivity contribution in [2.24, 2.45) is 0 Å². The van der Waals surface area contributed by atoms with Crippen LogP contribution < -0.4 is 15.5 Å². The SMILES string of the molecule is COc1cccc(NC(=O)[C@@H]2Sc3nnc(-c4ccccc4)n3N[C@@H]2c2ccccc2)c1. The highest BCUT2D eigenvalue weighted by Crippen LogP contribution is 2.39. The molecule has 4 aromatic rings. The van der Waals surface area contributed by atoms with Gasteiger partial charge >= 0.3 is 0 Å². The molecule has 0 fully saturated rings. The maximum atomic E-state index is 13.4. The lowest BCUT2D eigenvalue weighted by Crippen LogP contribution is -2.41. The summed E-state index contributed by atoms with van der Waals surface area (Å²) in [5, 5.41) is 11.9. The number of carbonyl (C=O) groups excluding carboxylic acids is 1. The molecule has 0 saturated heterocycles. The molecule has 0 aliphatic carbocycles. The van der Waals surface area contributed by atoms with Crippen molar-refractivity contribution < 1.29 is 9.53 Å². The molecule has 32 heavy (non-hydrogen) atoms. The van der Waals surface area contributed by atoms with Crippen molar-refractivity contribution >= 4 is 23.4 Å². The van der Waals surface area contributed by atoms with E-state index in [9.17, 15) is 4.79 Å². The lowest BCUT2D eigenvalue weighted by Gasteiger charge is -2.33. The molecule has 0 saturated carbocycles. The molecule has 1 aromatic heterocycles. The normalized spacial score (nSPS) is 17.2. The predicted molar refractivity (Wildman–Crippen MR) is 125 cm³/mol. The monoisotopic (exact) mass is 443 g/mol. The topological polar surface area (TPSA) is 81.1 Å². The van der Waals surface area contributed by atoms with E-state index in [-0.39, 0.29) is 11.9 Å². The average Bonchev–Trinajstić information content (AvgIpc) is 3.27. The third kappa shape index (κ3) is 3.92. The van der Waals surface area contributed by atoms with E-state index in [1.807, 2.05) is 83.5 Å². The van der Waals surface area contributed by atoms with E-state index < -0.39 is 5.25 Å². The van der Waals surface area contributed by atoms with E-state index in [0.29, 0.717) is 22.4 Å². The molecule has 7 nitrogen and oxygen atoms in total. The number of benzene rings is 3. The van der Waals surface area contributed by atoms with Crippen molar-refractivity contribution in [2.75, 3.05) is 17.9 Å². The number of thioether (sulfide) groups is 1.